The maximum Gasteiger partial charge on any atom is 0.291 e. The first-order valence-corrected chi connectivity index (χ1v) is 10.5. The highest BCUT2D eigenvalue weighted by molar-refractivity contribution is 7.15. The van der Waals surface area contributed by atoms with Crippen molar-refractivity contribution in [1.82, 2.24) is 14.6 Å². The molecular weight excluding hydrogens is 385 g/mol. The van der Waals surface area contributed by atoms with Crippen LogP contribution in [0.25, 0.3) is 11.0 Å². The highest BCUT2D eigenvalue weighted by Gasteiger charge is 2.17. The summed E-state index contributed by atoms with van der Waals surface area (Å²) in [7, 11) is 0. The Morgan fingerprint density at radius 2 is 1.76 bits per heavy atom. The molecule has 6 heteroatoms. The molecule has 148 valence electrons. The van der Waals surface area contributed by atoms with Crippen LogP contribution in [0.15, 0.2) is 53.3 Å². The largest absolute Gasteiger partial charge is 0.291 e. The standard InChI is InChI=1S/C23H22FN3OS/c1-14(2)12-16-4-8-18(9-5-16)15(3)21-25-23-27(26-21)22(28)20(29-23)13-17-6-10-19(24)11-7-17/h4-11,13-15H,12H2,1-3H3/b20-13-. The van der Waals surface area contributed by atoms with Crippen LogP contribution in [-0.4, -0.2) is 14.6 Å². The number of thiazole rings is 1. The van der Waals surface area contributed by atoms with E-state index in [1.54, 1.807) is 18.2 Å². The fraction of sp³-hybridized carbons (Fsp3) is 0.261. The summed E-state index contributed by atoms with van der Waals surface area (Å²) in [4.78, 5) is 17.8. The first kappa shape index (κ1) is 19.5. The third kappa shape index (κ3) is 4.12. The molecule has 2 heterocycles. The Kier molecular flexibility index (Phi) is 5.28. The van der Waals surface area contributed by atoms with E-state index in [0.29, 0.717) is 21.2 Å². The van der Waals surface area contributed by atoms with Crippen LogP contribution in [0.4, 0.5) is 4.39 Å². The third-order valence-corrected chi connectivity index (χ3v) is 5.84. The van der Waals surface area contributed by atoms with Gasteiger partial charge in [0.25, 0.3) is 5.56 Å². The molecule has 0 spiro atoms. The second-order valence-corrected chi connectivity index (χ2v) is 8.70. The van der Waals surface area contributed by atoms with Crippen LogP contribution in [-0.2, 0) is 6.42 Å². The van der Waals surface area contributed by atoms with Gasteiger partial charge in [-0.1, -0.05) is 68.5 Å². The minimum Gasteiger partial charge on any atom is -0.266 e. The summed E-state index contributed by atoms with van der Waals surface area (Å²) in [6.45, 7) is 6.47. The molecular formula is C23H22FN3OS. The molecule has 0 fully saturated rings. The summed E-state index contributed by atoms with van der Waals surface area (Å²) < 4.78 is 15.0. The van der Waals surface area contributed by atoms with E-state index in [2.05, 4.69) is 48.2 Å². The molecule has 1 unspecified atom stereocenters. The normalized spacial score (nSPS) is 13.5. The van der Waals surface area contributed by atoms with Crippen molar-refractivity contribution >= 4 is 22.4 Å². The van der Waals surface area contributed by atoms with Gasteiger partial charge in [-0.15, -0.1) is 5.10 Å². The smallest absolute Gasteiger partial charge is 0.266 e. The van der Waals surface area contributed by atoms with Crippen LogP contribution < -0.4 is 10.1 Å². The minimum atomic E-state index is -0.303. The Morgan fingerprint density at radius 1 is 1.07 bits per heavy atom. The number of benzene rings is 2. The number of halogens is 1. The van der Waals surface area contributed by atoms with Crippen molar-refractivity contribution in [1.29, 1.82) is 0 Å². The van der Waals surface area contributed by atoms with E-state index >= 15 is 0 Å². The Balaban J connectivity index is 1.63. The predicted molar refractivity (Wildman–Crippen MR) is 115 cm³/mol. The lowest BCUT2D eigenvalue weighted by molar-refractivity contribution is 0.628. The molecule has 2 aromatic heterocycles. The van der Waals surface area contributed by atoms with Crippen molar-refractivity contribution in [2.75, 3.05) is 0 Å². The quantitative estimate of drug-likeness (QED) is 0.498. The van der Waals surface area contributed by atoms with Gasteiger partial charge in [0.05, 0.1) is 4.53 Å². The van der Waals surface area contributed by atoms with E-state index in [1.807, 2.05) is 6.92 Å². The number of hydrogen-bond donors (Lipinski definition) is 0. The van der Waals surface area contributed by atoms with Gasteiger partial charge in [0, 0.05) is 5.92 Å². The molecule has 1 atom stereocenters. The van der Waals surface area contributed by atoms with E-state index in [9.17, 15) is 9.18 Å². The summed E-state index contributed by atoms with van der Waals surface area (Å²) in [5.41, 5.74) is 3.01. The highest BCUT2D eigenvalue weighted by atomic mass is 32.1. The average Bonchev–Trinajstić information content (AvgIpc) is 3.23. The summed E-state index contributed by atoms with van der Waals surface area (Å²) in [5, 5.41) is 4.46. The van der Waals surface area contributed by atoms with Crippen molar-refractivity contribution < 1.29 is 4.39 Å². The molecule has 29 heavy (non-hydrogen) atoms. The summed E-state index contributed by atoms with van der Waals surface area (Å²) in [6, 6.07) is 14.6. The first-order chi connectivity index (χ1) is 13.9. The van der Waals surface area contributed by atoms with Crippen LogP contribution in [0.5, 0.6) is 0 Å². The Morgan fingerprint density at radius 3 is 2.38 bits per heavy atom. The number of fused-ring (bicyclic) bond motifs is 1. The molecule has 4 rings (SSSR count). The van der Waals surface area contributed by atoms with E-state index in [4.69, 9.17) is 0 Å². The monoisotopic (exact) mass is 407 g/mol. The van der Waals surface area contributed by atoms with Crippen molar-refractivity contribution in [2.45, 2.75) is 33.1 Å². The van der Waals surface area contributed by atoms with E-state index in [1.165, 1.54) is 33.5 Å². The van der Waals surface area contributed by atoms with Gasteiger partial charge in [-0.3, -0.25) is 4.79 Å². The molecule has 0 aliphatic rings. The lowest BCUT2D eigenvalue weighted by atomic mass is 9.96. The predicted octanol–water partition coefficient (Wildman–Crippen LogP) is 4.19. The Hall–Kier alpha value is -2.86. The van der Waals surface area contributed by atoms with Crippen LogP contribution in [0.1, 0.15) is 49.2 Å². The molecule has 0 amide bonds. The third-order valence-electron chi connectivity index (χ3n) is 4.88. The second kappa shape index (κ2) is 7.87. The van der Waals surface area contributed by atoms with Crippen LogP contribution >= 0.6 is 11.3 Å². The lowest BCUT2D eigenvalue weighted by Crippen LogP contribution is -2.24. The molecule has 0 bridgehead atoms. The van der Waals surface area contributed by atoms with Gasteiger partial charge in [-0.05, 0) is 47.2 Å². The zero-order chi connectivity index (χ0) is 20.5. The molecule has 4 nitrogen and oxygen atoms in total. The number of nitrogens with zero attached hydrogens (tertiary/aromatic N) is 3. The fourth-order valence-corrected chi connectivity index (χ4v) is 4.22. The first-order valence-electron chi connectivity index (χ1n) is 9.66. The zero-order valence-corrected chi connectivity index (χ0v) is 17.4. The van der Waals surface area contributed by atoms with Crippen molar-refractivity contribution in [2.24, 2.45) is 5.92 Å². The SMILES string of the molecule is CC(C)Cc1ccc(C(C)c2nc3s/c(=C\c4ccc(F)cc4)c(=O)n3n2)cc1. The van der Waals surface area contributed by atoms with Gasteiger partial charge in [0.1, 0.15) is 5.82 Å². The van der Waals surface area contributed by atoms with Crippen LogP contribution in [0.3, 0.4) is 0 Å². The Labute approximate surface area is 172 Å². The molecule has 4 aromatic rings. The van der Waals surface area contributed by atoms with Crippen LogP contribution in [0, 0.1) is 11.7 Å². The molecule has 0 aliphatic carbocycles. The van der Waals surface area contributed by atoms with Gasteiger partial charge in [0.2, 0.25) is 4.96 Å². The minimum absolute atomic E-state index is 0.000807. The number of hydrogen-bond acceptors (Lipinski definition) is 4. The molecule has 0 saturated heterocycles. The van der Waals surface area contributed by atoms with Crippen molar-refractivity contribution in [3.63, 3.8) is 0 Å². The summed E-state index contributed by atoms with van der Waals surface area (Å²) in [6.07, 6.45) is 2.79. The molecule has 0 N–H and O–H groups in total. The van der Waals surface area contributed by atoms with Gasteiger partial charge in [0.15, 0.2) is 5.82 Å². The van der Waals surface area contributed by atoms with E-state index in [-0.39, 0.29) is 17.3 Å². The Bertz CT molecular complexity index is 1240. The van der Waals surface area contributed by atoms with Gasteiger partial charge >= 0.3 is 0 Å². The lowest BCUT2D eigenvalue weighted by Gasteiger charge is -2.10. The van der Waals surface area contributed by atoms with Crippen LogP contribution in [0.2, 0.25) is 0 Å². The summed E-state index contributed by atoms with van der Waals surface area (Å²) >= 11 is 1.29. The van der Waals surface area contributed by atoms with Crippen molar-refractivity contribution in [3.05, 3.63) is 91.7 Å². The van der Waals surface area contributed by atoms with Gasteiger partial charge in [-0.2, -0.15) is 4.52 Å². The second-order valence-electron chi connectivity index (χ2n) is 7.69. The molecule has 0 saturated carbocycles. The molecule has 0 radical (unpaired) electrons. The zero-order valence-electron chi connectivity index (χ0n) is 16.6. The van der Waals surface area contributed by atoms with Crippen molar-refractivity contribution in [3.8, 4) is 0 Å². The molecule has 2 aromatic carbocycles. The van der Waals surface area contributed by atoms with Gasteiger partial charge in [-0.25, -0.2) is 9.37 Å². The maximum absolute atomic E-state index is 13.1. The fourth-order valence-electron chi connectivity index (χ4n) is 3.31. The summed E-state index contributed by atoms with van der Waals surface area (Å²) in [5.74, 6) is 0.955. The maximum atomic E-state index is 13.1. The highest BCUT2D eigenvalue weighted by Crippen LogP contribution is 2.23. The topological polar surface area (TPSA) is 47.3 Å². The van der Waals surface area contributed by atoms with Gasteiger partial charge < -0.3 is 0 Å². The average molecular weight is 408 g/mol. The van der Waals surface area contributed by atoms with E-state index in [0.717, 1.165) is 17.5 Å². The molecule has 0 aliphatic heterocycles. The number of aromatic nitrogens is 3. The van der Waals surface area contributed by atoms with E-state index < -0.39 is 0 Å². The number of rotatable bonds is 5.